The Morgan fingerprint density at radius 3 is 2.62 bits per heavy atom. The summed E-state index contributed by atoms with van der Waals surface area (Å²) in [6.45, 7) is 1.01. The van der Waals surface area contributed by atoms with Gasteiger partial charge in [-0.05, 0) is 19.3 Å². The summed E-state index contributed by atoms with van der Waals surface area (Å²) in [5.41, 5.74) is -1.68. The molecule has 9 atom stereocenters. The summed E-state index contributed by atoms with van der Waals surface area (Å²) >= 11 is 0. The first-order valence-corrected chi connectivity index (χ1v) is 10.9. The molecule has 0 saturated carbocycles. The van der Waals surface area contributed by atoms with Gasteiger partial charge in [-0.15, -0.1) is 0 Å². The van der Waals surface area contributed by atoms with Crippen LogP contribution in [0.3, 0.4) is 0 Å². The molecule has 0 aromatic rings. The maximum absolute atomic E-state index is 12.4. The van der Waals surface area contributed by atoms with Gasteiger partial charge in [-0.25, -0.2) is 4.79 Å². The summed E-state index contributed by atoms with van der Waals surface area (Å²) in [4.78, 5) is 24.0. The highest BCUT2D eigenvalue weighted by atomic mass is 16.7. The molecule has 1 saturated heterocycles. The van der Waals surface area contributed by atoms with Crippen LogP contribution in [0.2, 0.25) is 0 Å². The first-order valence-electron chi connectivity index (χ1n) is 10.9. The van der Waals surface area contributed by atoms with Gasteiger partial charge in [-0.2, -0.15) is 0 Å². The minimum Gasteiger partial charge on any atom is -0.481 e. The van der Waals surface area contributed by atoms with Crippen LogP contribution in [-0.4, -0.2) is 87.5 Å². The third-order valence-electron chi connectivity index (χ3n) is 6.85. The van der Waals surface area contributed by atoms with Crippen molar-refractivity contribution < 1.29 is 49.3 Å². The number of allylic oxidation sites excluding steroid dienone is 1. The normalized spacial score (nSPS) is 41.5. The third kappa shape index (κ3) is 4.48. The van der Waals surface area contributed by atoms with Crippen molar-refractivity contribution in [2.75, 3.05) is 13.7 Å². The lowest BCUT2D eigenvalue weighted by atomic mass is 9.70. The van der Waals surface area contributed by atoms with E-state index in [2.05, 4.69) is 0 Å². The highest BCUT2D eigenvalue weighted by Crippen LogP contribution is 2.45. The Hall–Kier alpha value is -1.82. The Morgan fingerprint density at radius 2 is 2.03 bits per heavy atom. The lowest BCUT2D eigenvalue weighted by Crippen LogP contribution is -2.67. The Kier molecular flexibility index (Phi) is 7.74. The van der Waals surface area contributed by atoms with Gasteiger partial charge in [0.15, 0.2) is 6.29 Å². The molecule has 32 heavy (non-hydrogen) atoms. The van der Waals surface area contributed by atoms with Crippen LogP contribution >= 0.6 is 0 Å². The number of methoxy groups -OCH3 is 1. The maximum Gasteiger partial charge on any atom is 0.333 e. The van der Waals surface area contributed by atoms with E-state index in [0.717, 1.165) is 0 Å². The fourth-order valence-corrected chi connectivity index (χ4v) is 4.98. The molecule has 1 aliphatic heterocycles. The van der Waals surface area contributed by atoms with Gasteiger partial charge in [0.1, 0.15) is 23.9 Å². The van der Waals surface area contributed by atoms with Gasteiger partial charge < -0.3 is 39.7 Å². The average molecular weight is 456 g/mol. The van der Waals surface area contributed by atoms with Crippen LogP contribution in [0, 0.1) is 17.8 Å². The topological polar surface area (TPSA) is 163 Å². The standard InChI is InChI=1S/C22H32O10/c1-3-22(29)19(27)17(26)15(10-23)31-21(22)32-18-11-6-4-5-7-12(18)13(9-16(24)25)14(8-11)20(28)30-2/h5,7-8,11-13,15,17-19,21,23,26-27,29H,3-4,6,9-10H2,1-2H3,(H,24,25)/t11-,12+,13-,15+,17+,18+,19-,21-,22+/m0/s1. The first-order chi connectivity index (χ1) is 15.2. The molecule has 3 rings (SSSR count). The van der Waals surface area contributed by atoms with Crippen molar-refractivity contribution in [3.05, 3.63) is 23.8 Å². The van der Waals surface area contributed by atoms with Crippen molar-refractivity contribution in [1.82, 2.24) is 0 Å². The smallest absolute Gasteiger partial charge is 0.333 e. The molecule has 0 radical (unpaired) electrons. The number of fused-ring (bicyclic) bond motifs is 2. The predicted octanol–water partition coefficient (Wildman–Crippen LogP) is -0.262. The molecule has 0 aromatic heterocycles. The molecule has 2 bridgehead atoms. The molecule has 3 aliphatic rings. The van der Waals surface area contributed by atoms with E-state index in [-0.39, 0.29) is 24.3 Å². The zero-order valence-electron chi connectivity index (χ0n) is 18.2. The number of carbonyl (C=O) groups excluding carboxylic acids is 1. The van der Waals surface area contributed by atoms with Crippen LogP contribution in [0.5, 0.6) is 0 Å². The number of ether oxygens (including phenoxy) is 3. The van der Waals surface area contributed by atoms with Crippen molar-refractivity contribution in [1.29, 1.82) is 0 Å². The van der Waals surface area contributed by atoms with E-state index < -0.39 is 66.7 Å². The highest BCUT2D eigenvalue weighted by Gasteiger charge is 2.56. The van der Waals surface area contributed by atoms with E-state index in [1.165, 1.54) is 7.11 Å². The van der Waals surface area contributed by atoms with Crippen molar-refractivity contribution in [3.63, 3.8) is 0 Å². The second kappa shape index (κ2) is 9.98. The van der Waals surface area contributed by atoms with Crippen molar-refractivity contribution >= 4 is 11.9 Å². The van der Waals surface area contributed by atoms with Gasteiger partial charge in [-0.1, -0.05) is 25.2 Å². The molecule has 0 aromatic carbocycles. The first kappa shape index (κ1) is 24.8. The van der Waals surface area contributed by atoms with Gasteiger partial charge in [0.05, 0.1) is 26.2 Å². The molecule has 1 heterocycles. The van der Waals surface area contributed by atoms with E-state index >= 15 is 0 Å². The predicted molar refractivity (Wildman–Crippen MR) is 109 cm³/mol. The van der Waals surface area contributed by atoms with Crippen molar-refractivity contribution in [2.24, 2.45) is 17.8 Å². The van der Waals surface area contributed by atoms with Crippen LogP contribution in [0.15, 0.2) is 23.8 Å². The number of rotatable bonds is 7. The minimum atomic E-state index is -1.95. The number of hydrogen-bond acceptors (Lipinski definition) is 9. The molecular weight excluding hydrogens is 424 g/mol. The molecular formula is C22H32O10. The number of carbonyl (C=O) groups is 2. The zero-order chi connectivity index (χ0) is 23.6. The monoisotopic (exact) mass is 456 g/mol. The van der Waals surface area contributed by atoms with E-state index in [1.807, 2.05) is 12.2 Å². The van der Waals surface area contributed by atoms with Gasteiger partial charge in [0.25, 0.3) is 0 Å². The Bertz CT molecular complexity index is 764. The molecule has 2 aliphatic carbocycles. The quantitative estimate of drug-likeness (QED) is 0.255. The molecule has 10 nitrogen and oxygen atoms in total. The van der Waals surface area contributed by atoms with Crippen LogP contribution in [-0.2, 0) is 23.8 Å². The molecule has 0 amide bonds. The second-order valence-electron chi connectivity index (χ2n) is 8.63. The molecule has 0 unspecified atom stereocenters. The van der Waals surface area contributed by atoms with E-state index in [9.17, 15) is 35.1 Å². The summed E-state index contributed by atoms with van der Waals surface area (Å²) in [6.07, 6.45) is -0.0111. The minimum absolute atomic E-state index is 0.00621. The summed E-state index contributed by atoms with van der Waals surface area (Å²) in [6, 6.07) is 0. The number of aliphatic hydroxyl groups is 4. The Balaban J connectivity index is 1.98. The van der Waals surface area contributed by atoms with Gasteiger partial charge >= 0.3 is 11.9 Å². The van der Waals surface area contributed by atoms with Crippen LogP contribution in [0.1, 0.15) is 32.6 Å². The summed E-state index contributed by atoms with van der Waals surface area (Å²) in [5.74, 6) is -3.25. The van der Waals surface area contributed by atoms with E-state index in [1.54, 1.807) is 13.0 Å². The number of aliphatic carboxylic acids is 1. The van der Waals surface area contributed by atoms with Crippen LogP contribution in [0.4, 0.5) is 0 Å². The third-order valence-corrected chi connectivity index (χ3v) is 6.85. The van der Waals surface area contributed by atoms with Gasteiger partial charge in [-0.3, -0.25) is 4.79 Å². The fourth-order valence-electron chi connectivity index (χ4n) is 4.98. The lowest BCUT2D eigenvalue weighted by molar-refractivity contribution is -0.355. The van der Waals surface area contributed by atoms with E-state index in [0.29, 0.717) is 12.8 Å². The molecule has 5 N–H and O–H groups in total. The zero-order valence-corrected chi connectivity index (χ0v) is 18.2. The van der Waals surface area contributed by atoms with Crippen LogP contribution < -0.4 is 0 Å². The van der Waals surface area contributed by atoms with E-state index in [4.69, 9.17) is 14.2 Å². The number of carboxylic acids is 1. The Labute approximate surface area is 186 Å². The summed E-state index contributed by atoms with van der Waals surface area (Å²) in [7, 11) is 1.24. The molecule has 180 valence electrons. The number of aliphatic hydroxyl groups excluding tert-OH is 3. The van der Waals surface area contributed by atoms with Crippen molar-refractivity contribution in [2.45, 2.75) is 68.9 Å². The molecule has 0 spiro atoms. The van der Waals surface area contributed by atoms with Crippen molar-refractivity contribution in [3.8, 4) is 0 Å². The number of esters is 1. The number of hydrogen-bond donors (Lipinski definition) is 5. The average Bonchev–Trinajstić information content (AvgIpc) is 2.91. The number of carboxylic acid groups (broad SMARTS) is 1. The summed E-state index contributed by atoms with van der Waals surface area (Å²) < 4.78 is 16.8. The maximum atomic E-state index is 12.4. The second-order valence-corrected chi connectivity index (χ2v) is 8.63. The van der Waals surface area contributed by atoms with Gasteiger partial charge in [0, 0.05) is 23.3 Å². The molecule has 1 fully saturated rings. The SMILES string of the molecule is CC[C@]1(O)[C@H](O[C@H]2[C@@H]3C=CCC[C@H]2C=C(C(=O)OC)[C@H]3CC(=O)O)O[C@H](CO)[C@@H](O)[C@@H]1O. The Morgan fingerprint density at radius 1 is 1.31 bits per heavy atom. The van der Waals surface area contributed by atoms with Crippen LogP contribution in [0.25, 0.3) is 0 Å². The molecule has 10 heteroatoms. The summed E-state index contributed by atoms with van der Waals surface area (Å²) in [5, 5.41) is 50.9. The largest absolute Gasteiger partial charge is 0.481 e. The fraction of sp³-hybridized carbons (Fsp3) is 0.727. The highest BCUT2D eigenvalue weighted by molar-refractivity contribution is 5.90. The lowest BCUT2D eigenvalue weighted by Gasteiger charge is -2.50. The van der Waals surface area contributed by atoms with Gasteiger partial charge in [0.2, 0.25) is 0 Å².